The molecule has 0 radical (unpaired) electrons. The lowest BCUT2D eigenvalue weighted by molar-refractivity contribution is -0.137. The Hall–Kier alpha value is -0.580. The van der Waals surface area contributed by atoms with Crippen LogP contribution in [0, 0.1) is 5.92 Å². The molecule has 1 nitrogen and oxygen atoms in total. The van der Waals surface area contributed by atoms with Gasteiger partial charge in [0.05, 0.1) is 0 Å². The Morgan fingerprint density at radius 1 is 1.46 bits per heavy atom. The second-order valence-electron chi connectivity index (χ2n) is 3.23. The van der Waals surface area contributed by atoms with Crippen molar-refractivity contribution in [2.75, 3.05) is 0 Å². The van der Waals surface area contributed by atoms with Gasteiger partial charge in [0.25, 0.3) is 0 Å². The number of hydrogen-bond acceptors (Lipinski definition) is 2. The second-order valence-corrected chi connectivity index (χ2v) is 4.34. The Balaban J connectivity index is 2.75. The van der Waals surface area contributed by atoms with Crippen LogP contribution >= 0.6 is 11.3 Å². The summed E-state index contributed by atoms with van der Waals surface area (Å²) in [5.41, 5.74) is 0. The molecule has 0 fully saturated rings. The van der Waals surface area contributed by atoms with Crippen LogP contribution in [0.4, 0.5) is 13.2 Å². The molecule has 74 valence electrons. The van der Waals surface area contributed by atoms with E-state index in [9.17, 15) is 13.2 Å². The van der Waals surface area contributed by atoms with E-state index in [0.717, 1.165) is 11.3 Å². The summed E-state index contributed by atoms with van der Waals surface area (Å²) in [7, 11) is 0. The zero-order valence-corrected chi connectivity index (χ0v) is 8.17. The van der Waals surface area contributed by atoms with E-state index in [-0.39, 0.29) is 0 Å². The maximum absolute atomic E-state index is 12.1. The molecule has 1 aromatic heterocycles. The molecule has 0 bridgehead atoms. The van der Waals surface area contributed by atoms with E-state index in [1.165, 1.54) is 6.20 Å². The van der Waals surface area contributed by atoms with Crippen molar-refractivity contribution < 1.29 is 13.2 Å². The molecule has 0 unspecified atom stereocenters. The van der Waals surface area contributed by atoms with Crippen LogP contribution in [0.1, 0.15) is 23.7 Å². The zero-order valence-electron chi connectivity index (χ0n) is 7.35. The molecule has 1 aromatic rings. The van der Waals surface area contributed by atoms with Crippen LogP contribution in [0.25, 0.3) is 0 Å². The molecule has 0 saturated carbocycles. The van der Waals surface area contributed by atoms with Crippen molar-refractivity contribution in [3.63, 3.8) is 0 Å². The molecule has 0 aromatic carbocycles. The molecule has 13 heavy (non-hydrogen) atoms. The first-order chi connectivity index (χ1) is 5.89. The highest BCUT2D eigenvalue weighted by molar-refractivity contribution is 7.11. The monoisotopic (exact) mass is 209 g/mol. The van der Waals surface area contributed by atoms with Gasteiger partial charge in [0, 0.05) is 11.1 Å². The minimum absolute atomic E-state index is 0.363. The lowest BCUT2D eigenvalue weighted by Gasteiger charge is -2.00. The smallest absolute Gasteiger partial charge is 0.240 e. The second kappa shape index (κ2) is 3.65. The summed E-state index contributed by atoms with van der Waals surface area (Å²) in [5.74, 6) is 0.363. The molecule has 0 saturated heterocycles. The van der Waals surface area contributed by atoms with Crippen LogP contribution in [0.15, 0.2) is 6.20 Å². The minimum Gasteiger partial charge on any atom is -0.240 e. The van der Waals surface area contributed by atoms with E-state index in [0.29, 0.717) is 17.2 Å². The molecule has 1 heterocycles. The van der Waals surface area contributed by atoms with Gasteiger partial charge in [0.2, 0.25) is 0 Å². The van der Waals surface area contributed by atoms with Crippen molar-refractivity contribution in [2.45, 2.75) is 26.4 Å². The van der Waals surface area contributed by atoms with E-state index in [4.69, 9.17) is 0 Å². The van der Waals surface area contributed by atoms with Gasteiger partial charge in [-0.25, -0.2) is 4.98 Å². The van der Waals surface area contributed by atoms with Crippen LogP contribution < -0.4 is 0 Å². The van der Waals surface area contributed by atoms with Crippen molar-refractivity contribution in [2.24, 2.45) is 5.92 Å². The summed E-state index contributed by atoms with van der Waals surface area (Å²) in [6, 6.07) is 0. The maximum Gasteiger partial charge on any atom is 0.443 e. The number of nitrogens with zero attached hydrogens (tertiary/aromatic N) is 1. The molecule has 1 rings (SSSR count). The first-order valence-corrected chi connectivity index (χ1v) is 4.73. The molecular weight excluding hydrogens is 199 g/mol. The minimum atomic E-state index is -4.29. The van der Waals surface area contributed by atoms with Crippen LogP contribution in [0.5, 0.6) is 0 Å². The third kappa shape index (κ3) is 2.99. The topological polar surface area (TPSA) is 12.9 Å². The lowest BCUT2D eigenvalue weighted by atomic mass is 10.1. The van der Waals surface area contributed by atoms with E-state index in [2.05, 4.69) is 4.98 Å². The van der Waals surface area contributed by atoms with Crippen LogP contribution in [-0.4, -0.2) is 4.98 Å². The molecule has 0 atom stereocenters. The Bertz CT molecular complexity index is 277. The molecule has 0 aliphatic carbocycles. The average molecular weight is 209 g/mol. The lowest BCUT2D eigenvalue weighted by Crippen LogP contribution is -2.02. The number of rotatable bonds is 2. The van der Waals surface area contributed by atoms with Crippen LogP contribution in [0.2, 0.25) is 0 Å². The molecule has 0 aliphatic rings. The summed E-state index contributed by atoms with van der Waals surface area (Å²) in [6.07, 6.45) is -2.32. The first kappa shape index (κ1) is 10.5. The van der Waals surface area contributed by atoms with Gasteiger partial charge in [0.1, 0.15) is 0 Å². The van der Waals surface area contributed by atoms with Gasteiger partial charge in [-0.05, 0) is 12.3 Å². The maximum atomic E-state index is 12.1. The fourth-order valence-corrected chi connectivity index (χ4v) is 1.93. The summed E-state index contributed by atoms with van der Waals surface area (Å²) >= 11 is 0.732. The summed E-state index contributed by atoms with van der Waals surface area (Å²) < 4.78 is 36.3. The van der Waals surface area contributed by atoms with E-state index in [1.807, 2.05) is 13.8 Å². The molecule has 0 amide bonds. The van der Waals surface area contributed by atoms with Crippen molar-refractivity contribution >= 4 is 11.3 Å². The van der Waals surface area contributed by atoms with Gasteiger partial charge in [-0.15, -0.1) is 11.3 Å². The number of halogens is 3. The van der Waals surface area contributed by atoms with E-state index >= 15 is 0 Å². The third-order valence-corrected chi connectivity index (χ3v) is 2.47. The zero-order chi connectivity index (χ0) is 10.1. The van der Waals surface area contributed by atoms with Gasteiger partial charge < -0.3 is 0 Å². The van der Waals surface area contributed by atoms with Gasteiger partial charge in [-0.1, -0.05) is 13.8 Å². The summed E-state index contributed by atoms with van der Waals surface area (Å²) in [6.45, 7) is 3.93. The van der Waals surface area contributed by atoms with Crippen molar-refractivity contribution in [1.82, 2.24) is 4.98 Å². The van der Waals surface area contributed by atoms with Gasteiger partial charge in [-0.2, -0.15) is 13.2 Å². The van der Waals surface area contributed by atoms with E-state index < -0.39 is 11.2 Å². The predicted molar refractivity (Wildman–Crippen MR) is 45.7 cm³/mol. The Kier molecular flexibility index (Phi) is 2.95. The number of aromatic nitrogens is 1. The fourth-order valence-electron chi connectivity index (χ4n) is 0.935. The van der Waals surface area contributed by atoms with Gasteiger partial charge in [0.15, 0.2) is 5.01 Å². The highest BCUT2D eigenvalue weighted by atomic mass is 32.1. The molecule has 0 spiro atoms. The van der Waals surface area contributed by atoms with E-state index in [1.54, 1.807) is 0 Å². The van der Waals surface area contributed by atoms with Gasteiger partial charge in [-0.3, -0.25) is 0 Å². The van der Waals surface area contributed by atoms with Crippen molar-refractivity contribution in [1.29, 1.82) is 0 Å². The van der Waals surface area contributed by atoms with Crippen LogP contribution in [-0.2, 0) is 12.6 Å². The van der Waals surface area contributed by atoms with Crippen molar-refractivity contribution in [3.05, 3.63) is 16.1 Å². The number of thiazole rings is 1. The van der Waals surface area contributed by atoms with Gasteiger partial charge >= 0.3 is 6.18 Å². The highest BCUT2D eigenvalue weighted by Gasteiger charge is 2.34. The third-order valence-electron chi connectivity index (χ3n) is 1.41. The molecule has 5 heteroatoms. The normalized spacial score (nSPS) is 12.5. The predicted octanol–water partition coefficient (Wildman–Crippen LogP) is 3.36. The largest absolute Gasteiger partial charge is 0.443 e. The summed E-state index contributed by atoms with van der Waals surface area (Å²) in [4.78, 5) is 4.03. The molecule has 0 N–H and O–H groups in total. The standard InChI is InChI=1S/C8H10F3NS/c1-5(2)3-6-4-12-7(13-6)8(9,10)11/h4-5H,3H2,1-2H3. The SMILES string of the molecule is CC(C)Cc1cnc(C(F)(F)F)s1. The molecular formula is C8H10F3NS. The average Bonchev–Trinajstić information content (AvgIpc) is 2.32. The fraction of sp³-hybridized carbons (Fsp3) is 0.625. The Morgan fingerprint density at radius 2 is 2.08 bits per heavy atom. The highest BCUT2D eigenvalue weighted by Crippen LogP contribution is 2.32. The molecule has 0 aliphatic heterocycles. The quantitative estimate of drug-likeness (QED) is 0.727. The number of hydrogen-bond donors (Lipinski definition) is 0. The number of alkyl halides is 3. The Morgan fingerprint density at radius 3 is 2.46 bits per heavy atom. The first-order valence-electron chi connectivity index (χ1n) is 3.91. The Labute approximate surface area is 78.6 Å². The summed E-state index contributed by atoms with van der Waals surface area (Å²) in [5, 5.41) is -0.747. The van der Waals surface area contributed by atoms with Crippen molar-refractivity contribution in [3.8, 4) is 0 Å². The van der Waals surface area contributed by atoms with Crippen LogP contribution in [0.3, 0.4) is 0 Å².